The van der Waals surface area contributed by atoms with Crippen molar-refractivity contribution in [2.45, 2.75) is 18.6 Å². The Hall–Kier alpha value is -0.850. The van der Waals surface area contributed by atoms with Crippen LogP contribution in [-0.4, -0.2) is 20.9 Å². The third-order valence-electron chi connectivity index (χ3n) is 1.84. The van der Waals surface area contributed by atoms with Crippen LogP contribution in [0.5, 0.6) is 0 Å². The van der Waals surface area contributed by atoms with E-state index in [4.69, 9.17) is 16.0 Å². The number of nitrogens with zero attached hydrogens (tertiary/aromatic N) is 3. The molecule has 0 aliphatic heterocycles. The van der Waals surface area contributed by atoms with Crippen LogP contribution in [-0.2, 0) is 6.42 Å². The maximum Gasteiger partial charge on any atom is 0.276 e. The summed E-state index contributed by atoms with van der Waals surface area (Å²) >= 11 is 8.48. The van der Waals surface area contributed by atoms with Crippen molar-refractivity contribution >= 4 is 34.7 Å². The summed E-state index contributed by atoms with van der Waals surface area (Å²) in [7, 11) is 0. The van der Waals surface area contributed by atoms with Crippen molar-refractivity contribution in [3.05, 3.63) is 33.6 Å². The number of rotatable bonds is 5. The van der Waals surface area contributed by atoms with Gasteiger partial charge in [-0.05, 0) is 6.92 Å². The van der Waals surface area contributed by atoms with Crippen molar-refractivity contribution in [1.29, 1.82) is 0 Å². The average Bonchev–Trinajstić information content (AvgIpc) is 2.90. The fourth-order valence-electron chi connectivity index (χ4n) is 1.17. The molecule has 0 amide bonds. The molecule has 0 saturated carbocycles. The molecule has 2 aromatic rings. The number of aromatic nitrogens is 3. The first-order valence-electron chi connectivity index (χ1n) is 4.89. The van der Waals surface area contributed by atoms with E-state index in [1.807, 2.05) is 18.4 Å². The highest BCUT2D eigenvalue weighted by Gasteiger charge is 2.08. The quantitative estimate of drug-likeness (QED) is 0.790. The summed E-state index contributed by atoms with van der Waals surface area (Å²) in [6.45, 7) is 1.97. The van der Waals surface area contributed by atoms with Gasteiger partial charge in [-0.2, -0.15) is 0 Å². The summed E-state index contributed by atoms with van der Waals surface area (Å²) in [4.78, 5) is 4.35. The number of aryl methyl sites for hydroxylation is 1. The van der Waals surface area contributed by atoms with Gasteiger partial charge in [-0.25, -0.2) is 4.98 Å². The van der Waals surface area contributed by atoms with Gasteiger partial charge in [-0.3, -0.25) is 0 Å². The summed E-state index contributed by atoms with van der Waals surface area (Å²) < 4.78 is 5.47. The minimum atomic E-state index is 0.557. The van der Waals surface area contributed by atoms with Gasteiger partial charge in [-0.1, -0.05) is 29.4 Å². The van der Waals surface area contributed by atoms with Gasteiger partial charge in [-0.15, -0.1) is 21.5 Å². The first-order chi connectivity index (χ1) is 8.28. The highest BCUT2D eigenvalue weighted by atomic mass is 35.5. The predicted octanol–water partition coefficient (Wildman–Crippen LogP) is 3.27. The van der Waals surface area contributed by atoms with Crippen LogP contribution in [0.15, 0.2) is 26.6 Å². The SMILES string of the molecule is Cc1nc(Cc2nnc(SCC=CCl)o2)cs1. The molecule has 0 spiro atoms. The molecule has 2 rings (SSSR count). The molecule has 17 heavy (non-hydrogen) atoms. The van der Waals surface area contributed by atoms with Gasteiger partial charge >= 0.3 is 0 Å². The standard InChI is InChI=1S/C10H10ClN3OS2/c1-7-12-8(6-17-7)5-9-13-14-10(15-9)16-4-2-3-11/h2-3,6H,4-5H2,1H3. The van der Waals surface area contributed by atoms with Gasteiger partial charge in [0.05, 0.1) is 17.1 Å². The van der Waals surface area contributed by atoms with Crippen LogP contribution >= 0.6 is 34.7 Å². The van der Waals surface area contributed by atoms with E-state index in [1.165, 1.54) is 17.3 Å². The Kier molecular flexibility index (Phi) is 4.58. The lowest BCUT2D eigenvalue weighted by Gasteiger charge is -1.89. The second kappa shape index (κ2) is 6.18. The Morgan fingerprint density at radius 1 is 1.53 bits per heavy atom. The number of halogens is 1. The normalized spacial score (nSPS) is 11.4. The molecule has 0 aromatic carbocycles. The average molecular weight is 288 g/mol. The van der Waals surface area contributed by atoms with Gasteiger partial charge in [0.1, 0.15) is 0 Å². The second-order valence-electron chi connectivity index (χ2n) is 3.17. The Morgan fingerprint density at radius 3 is 3.12 bits per heavy atom. The number of thiazole rings is 1. The van der Waals surface area contributed by atoms with Gasteiger partial charge < -0.3 is 4.42 Å². The first-order valence-corrected chi connectivity index (χ1v) is 7.19. The van der Waals surface area contributed by atoms with E-state index in [0.29, 0.717) is 17.5 Å². The van der Waals surface area contributed by atoms with Crippen LogP contribution < -0.4 is 0 Å². The molecule has 0 N–H and O–H groups in total. The zero-order chi connectivity index (χ0) is 12.1. The van der Waals surface area contributed by atoms with E-state index in [9.17, 15) is 0 Å². The lowest BCUT2D eigenvalue weighted by atomic mass is 10.3. The first kappa shape index (κ1) is 12.6. The number of thioether (sulfide) groups is 1. The Balaban J connectivity index is 1.94. The summed E-state index contributed by atoms with van der Waals surface area (Å²) in [5.74, 6) is 1.31. The summed E-state index contributed by atoms with van der Waals surface area (Å²) in [5.41, 5.74) is 2.44. The molecule has 2 aromatic heterocycles. The summed E-state index contributed by atoms with van der Waals surface area (Å²) in [6.07, 6.45) is 2.41. The highest BCUT2D eigenvalue weighted by molar-refractivity contribution is 7.99. The van der Waals surface area contributed by atoms with Crippen molar-refractivity contribution in [2.75, 3.05) is 5.75 Å². The van der Waals surface area contributed by atoms with E-state index >= 15 is 0 Å². The molecule has 0 fully saturated rings. The maximum atomic E-state index is 5.47. The zero-order valence-electron chi connectivity index (χ0n) is 9.09. The summed E-state index contributed by atoms with van der Waals surface area (Å²) in [6, 6.07) is 0. The fourth-order valence-corrected chi connectivity index (χ4v) is 2.56. The smallest absolute Gasteiger partial charge is 0.276 e. The van der Waals surface area contributed by atoms with E-state index in [0.717, 1.165) is 16.5 Å². The molecular formula is C10H10ClN3OS2. The molecular weight excluding hydrogens is 278 g/mol. The van der Waals surface area contributed by atoms with Crippen molar-refractivity contribution < 1.29 is 4.42 Å². The molecule has 7 heteroatoms. The van der Waals surface area contributed by atoms with Crippen LogP contribution in [0.25, 0.3) is 0 Å². The molecule has 0 radical (unpaired) electrons. The minimum absolute atomic E-state index is 0.557. The lowest BCUT2D eigenvalue weighted by molar-refractivity contribution is 0.420. The molecule has 0 aliphatic carbocycles. The van der Waals surface area contributed by atoms with Gasteiger partial charge in [0.2, 0.25) is 5.89 Å². The van der Waals surface area contributed by atoms with Crippen molar-refractivity contribution in [2.24, 2.45) is 0 Å². The second-order valence-corrected chi connectivity index (χ2v) is 5.45. The van der Waals surface area contributed by atoms with E-state index in [1.54, 1.807) is 11.3 Å². The minimum Gasteiger partial charge on any atom is -0.416 e. The van der Waals surface area contributed by atoms with Crippen LogP contribution in [0.3, 0.4) is 0 Å². The monoisotopic (exact) mass is 287 g/mol. The Bertz CT molecular complexity index is 509. The van der Waals surface area contributed by atoms with E-state index < -0.39 is 0 Å². The Labute approximate surface area is 112 Å². The topological polar surface area (TPSA) is 51.8 Å². The van der Waals surface area contributed by atoms with Crippen molar-refractivity contribution in [1.82, 2.24) is 15.2 Å². The summed E-state index contributed by atoms with van der Waals surface area (Å²) in [5, 5.41) is 11.5. The van der Waals surface area contributed by atoms with Crippen LogP contribution in [0, 0.1) is 6.92 Å². The molecule has 0 unspecified atom stereocenters. The van der Waals surface area contributed by atoms with E-state index in [2.05, 4.69) is 15.2 Å². The van der Waals surface area contributed by atoms with Gasteiger partial charge in [0.25, 0.3) is 5.22 Å². The fraction of sp³-hybridized carbons (Fsp3) is 0.300. The van der Waals surface area contributed by atoms with Crippen LogP contribution in [0.1, 0.15) is 16.6 Å². The molecule has 2 heterocycles. The van der Waals surface area contributed by atoms with Crippen molar-refractivity contribution in [3.63, 3.8) is 0 Å². The highest BCUT2D eigenvalue weighted by Crippen LogP contribution is 2.18. The number of hydrogen-bond donors (Lipinski definition) is 0. The molecule has 0 atom stereocenters. The molecule has 90 valence electrons. The lowest BCUT2D eigenvalue weighted by Crippen LogP contribution is -1.88. The maximum absolute atomic E-state index is 5.47. The Morgan fingerprint density at radius 2 is 2.41 bits per heavy atom. The predicted molar refractivity (Wildman–Crippen MR) is 69.7 cm³/mol. The van der Waals surface area contributed by atoms with Crippen LogP contribution in [0.2, 0.25) is 0 Å². The van der Waals surface area contributed by atoms with Gasteiger partial charge in [0.15, 0.2) is 0 Å². The molecule has 0 aliphatic rings. The third-order valence-corrected chi connectivity index (χ3v) is 3.61. The number of hydrogen-bond acceptors (Lipinski definition) is 6. The molecule has 0 saturated heterocycles. The molecule has 0 bridgehead atoms. The van der Waals surface area contributed by atoms with Crippen molar-refractivity contribution in [3.8, 4) is 0 Å². The van der Waals surface area contributed by atoms with E-state index in [-0.39, 0.29) is 0 Å². The largest absolute Gasteiger partial charge is 0.416 e. The molecule has 4 nitrogen and oxygen atoms in total. The third kappa shape index (κ3) is 3.83. The van der Waals surface area contributed by atoms with Crippen LogP contribution in [0.4, 0.5) is 0 Å². The zero-order valence-corrected chi connectivity index (χ0v) is 11.5. The van der Waals surface area contributed by atoms with Gasteiger partial charge in [0, 0.05) is 16.7 Å².